The molecule has 0 radical (unpaired) electrons. The molecule has 0 aliphatic carbocycles. The number of hydrogen-bond acceptors (Lipinski definition) is 4. The molecule has 1 N–H and O–H groups in total. The minimum Gasteiger partial charge on any atom is -0.289 e. The predicted octanol–water partition coefficient (Wildman–Crippen LogP) is 1.81. The summed E-state index contributed by atoms with van der Waals surface area (Å²) in [5, 5.41) is 3.93. The highest BCUT2D eigenvalue weighted by Gasteiger charge is 2.14. The summed E-state index contributed by atoms with van der Waals surface area (Å²) in [6.45, 7) is 0. The second-order valence-corrected chi connectivity index (χ2v) is 5.12. The topological polar surface area (TPSA) is 84.8 Å². The number of ketones is 1. The molecule has 6 nitrogen and oxygen atoms in total. The fourth-order valence-corrected chi connectivity index (χ4v) is 2.36. The number of carbonyl (C=O) groups excluding carboxylic acids is 1. The highest BCUT2D eigenvalue weighted by Crippen LogP contribution is 2.22. The lowest BCUT2D eigenvalue weighted by Crippen LogP contribution is -2.30. The van der Waals surface area contributed by atoms with E-state index in [0.717, 1.165) is 10.9 Å². The number of aromatic nitrogens is 3. The van der Waals surface area contributed by atoms with Gasteiger partial charge in [-0.2, -0.15) is 9.78 Å². The number of halogens is 1. The van der Waals surface area contributed by atoms with Gasteiger partial charge in [0, 0.05) is 11.1 Å². The summed E-state index contributed by atoms with van der Waals surface area (Å²) in [6.07, 6.45) is 0.984. The number of nitrogens with one attached hydrogen (secondary N) is 1. The number of aromatic amines is 1. The van der Waals surface area contributed by atoms with Crippen LogP contribution < -0.4 is 11.2 Å². The third-order valence-corrected chi connectivity index (χ3v) is 3.50. The van der Waals surface area contributed by atoms with E-state index in [1.807, 2.05) is 6.07 Å². The quantitative estimate of drug-likeness (QED) is 0.743. The highest BCUT2D eigenvalue weighted by molar-refractivity contribution is 6.35. The maximum atomic E-state index is 12.4. The van der Waals surface area contributed by atoms with Crippen LogP contribution in [0.3, 0.4) is 0 Å². The van der Waals surface area contributed by atoms with E-state index in [1.165, 1.54) is 18.2 Å². The maximum Gasteiger partial charge on any atom is 0.349 e. The molecule has 0 unspecified atom stereocenters. The molecule has 114 valence electrons. The Morgan fingerprint density at radius 2 is 1.83 bits per heavy atom. The molecule has 2 aromatic carbocycles. The van der Waals surface area contributed by atoms with Gasteiger partial charge in [-0.15, -0.1) is 0 Å². The van der Waals surface area contributed by atoms with Crippen molar-refractivity contribution in [2.45, 2.75) is 0 Å². The van der Waals surface area contributed by atoms with Crippen LogP contribution in [0.4, 0.5) is 0 Å². The second kappa shape index (κ2) is 6.02. The molecule has 3 aromatic rings. The third-order valence-electron chi connectivity index (χ3n) is 3.19. The first-order valence-electron chi connectivity index (χ1n) is 6.64. The molecule has 0 spiro atoms. The molecule has 23 heavy (non-hydrogen) atoms. The van der Waals surface area contributed by atoms with E-state index in [9.17, 15) is 14.4 Å². The van der Waals surface area contributed by atoms with Crippen molar-refractivity contribution in [2.75, 3.05) is 0 Å². The Labute approximate surface area is 135 Å². The number of nitrogens with zero attached hydrogens (tertiary/aromatic N) is 2. The third kappa shape index (κ3) is 2.97. The van der Waals surface area contributed by atoms with Crippen molar-refractivity contribution in [3.8, 4) is 5.69 Å². The summed E-state index contributed by atoms with van der Waals surface area (Å²) in [7, 11) is 0. The van der Waals surface area contributed by atoms with Crippen LogP contribution in [0, 0.1) is 0 Å². The first-order chi connectivity index (χ1) is 11.1. The van der Waals surface area contributed by atoms with Gasteiger partial charge in [0.15, 0.2) is 5.78 Å². The molecule has 1 aromatic heterocycles. The predicted molar refractivity (Wildman–Crippen MR) is 85.3 cm³/mol. The van der Waals surface area contributed by atoms with E-state index >= 15 is 0 Å². The van der Waals surface area contributed by atoms with Crippen molar-refractivity contribution in [1.29, 1.82) is 0 Å². The van der Waals surface area contributed by atoms with Gasteiger partial charge in [0.25, 0.3) is 5.56 Å². The van der Waals surface area contributed by atoms with Crippen LogP contribution in [-0.2, 0) is 0 Å². The summed E-state index contributed by atoms with van der Waals surface area (Å²) in [4.78, 5) is 37.3. The van der Waals surface area contributed by atoms with Gasteiger partial charge in [0.2, 0.25) is 0 Å². The monoisotopic (exact) mass is 327 g/mol. The maximum absolute atomic E-state index is 12.4. The van der Waals surface area contributed by atoms with Gasteiger partial charge in [0.1, 0.15) is 6.20 Å². The lowest BCUT2D eigenvalue weighted by atomic mass is 10.0. The van der Waals surface area contributed by atoms with Crippen LogP contribution in [0.25, 0.3) is 5.69 Å². The van der Waals surface area contributed by atoms with Crippen molar-refractivity contribution < 1.29 is 4.79 Å². The fourth-order valence-electron chi connectivity index (χ4n) is 2.10. The Morgan fingerprint density at radius 1 is 1.09 bits per heavy atom. The fraction of sp³-hybridized carbons (Fsp3) is 0. The molecule has 0 aliphatic heterocycles. The van der Waals surface area contributed by atoms with Gasteiger partial charge < -0.3 is 0 Å². The van der Waals surface area contributed by atoms with Gasteiger partial charge in [-0.05, 0) is 18.2 Å². The zero-order valence-corrected chi connectivity index (χ0v) is 12.4. The molecule has 0 aliphatic rings. The minimum absolute atomic E-state index is 0.191. The van der Waals surface area contributed by atoms with Crippen LogP contribution in [-0.4, -0.2) is 20.5 Å². The van der Waals surface area contributed by atoms with Crippen molar-refractivity contribution >= 4 is 17.4 Å². The standard InChI is InChI=1S/C16H10ClN3O3/c17-13-8-11(20-16(23)19-14(21)9-18-20)6-7-12(13)15(22)10-4-2-1-3-5-10/h1-9H,(H,19,21,23). The smallest absolute Gasteiger partial charge is 0.289 e. The van der Waals surface area contributed by atoms with Crippen molar-refractivity contribution in [1.82, 2.24) is 14.8 Å². The summed E-state index contributed by atoms with van der Waals surface area (Å²) in [5.41, 5.74) is -0.0923. The van der Waals surface area contributed by atoms with Crippen LogP contribution in [0.1, 0.15) is 15.9 Å². The Kier molecular flexibility index (Phi) is 3.91. The first kappa shape index (κ1) is 14.9. The van der Waals surface area contributed by atoms with Crippen molar-refractivity contribution in [3.63, 3.8) is 0 Å². The number of carbonyl (C=O) groups is 1. The van der Waals surface area contributed by atoms with Gasteiger partial charge in [-0.1, -0.05) is 41.9 Å². The van der Waals surface area contributed by atoms with Crippen LogP contribution >= 0.6 is 11.6 Å². The molecule has 0 amide bonds. The Morgan fingerprint density at radius 3 is 2.48 bits per heavy atom. The van der Waals surface area contributed by atoms with Gasteiger partial charge in [-0.3, -0.25) is 14.6 Å². The summed E-state index contributed by atoms with van der Waals surface area (Å²) >= 11 is 6.17. The van der Waals surface area contributed by atoms with Crippen LogP contribution in [0.2, 0.25) is 5.02 Å². The molecule has 0 saturated heterocycles. The Bertz CT molecular complexity index is 993. The van der Waals surface area contributed by atoms with Gasteiger partial charge in [0.05, 0.1) is 10.7 Å². The normalized spacial score (nSPS) is 10.5. The molecule has 3 rings (SSSR count). The largest absolute Gasteiger partial charge is 0.349 e. The molecule has 7 heteroatoms. The van der Waals surface area contributed by atoms with Gasteiger partial charge in [-0.25, -0.2) is 4.79 Å². The number of hydrogen-bond donors (Lipinski definition) is 1. The number of benzene rings is 2. The van der Waals surface area contributed by atoms with Crippen molar-refractivity contribution in [2.24, 2.45) is 0 Å². The average molecular weight is 328 g/mol. The van der Waals surface area contributed by atoms with E-state index < -0.39 is 11.2 Å². The Hall–Kier alpha value is -2.99. The molecule has 1 heterocycles. The molecule has 0 saturated carbocycles. The van der Waals surface area contributed by atoms with Gasteiger partial charge >= 0.3 is 5.69 Å². The van der Waals surface area contributed by atoms with E-state index in [2.05, 4.69) is 10.1 Å². The van der Waals surface area contributed by atoms with E-state index in [-0.39, 0.29) is 10.8 Å². The van der Waals surface area contributed by atoms with E-state index in [1.54, 1.807) is 24.3 Å². The highest BCUT2D eigenvalue weighted by atomic mass is 35.5. The summed E-state index contributed by atoms with van der Waals surface area (Å²) in [5.74, 6) is -0.219. The number of H-pyrrole nitrogens is 1. The first-order valence-corrected chi connectivity index (χ1v) is 7.02. The molecule has 0 atom stereocenters. The van der Waals surface area contributed by atoms with Crippen LogP contribution in [0.15, 0.2) is 64.3 Å². The molecule has 0 bridgehead atoms. The minimum atomic E-state index is -0.685. The zero-order valence-electron chi connectivity index (χ0n) is 11.7. The molecule has 0 fully saturated rings. The van der Waals surface area contributed by atoms with Crippen molar-refractivity contribution in [3.05, 3.63) is 91.7 Å². The van der Waals surface area contributed by atoms with E-state index in [0.29, 0.717) is 16.8 Å². The van der Waals surface area contributed by atoms with Crippen LogP contribution in [0.5, 0.6) is 0 Å². The Balaban J connectivity index is 2.03. The summed E-state index contributed by atoms with van der Waals surface area (Å²) < 4.78 is 0.990. The summed E-state index contributed by atoms with van der Waals surface area (Å²) in [6, 6.07) is 13.2. The SMILES string of the molecule is O=C(c1ccccc1)c1ccc(-n2ncc(=O)[nH]c2=O)cc1Cl. The average Bonchev–Trinajstić information content (AvgIpc) is 2.55. The van der Waals surface area contributed by atoms with E-state index in [4.69, 9.17) is 11.6 Å². The lowest BCUT2D eigenvalue weighted by Gasteiger charge is -2.07. The molecular weight excluding hydrogens is 318 g/mol. The number of rotatable bonds is 3. The lowest BCUT2D eigenvalue weighted by molar-refractivity contribution is 0.103. The molecular formula is C16H10ClN3O3. The second-order valence-electron chi connectivity index (χ2n) is 4.71. The zero-order chi connectivity index (χ0) is 16.4.